The number of nitrogens with zero attached hydrogens (tertiary/aromatic N) is 1. The third-order valence-corrected chi connectivity index (χ3v) is 4.72. The highest BCUT2D eigenvalue weighted by molar-refractivity contribution is 8.00. The van der Waals surface area contributed by atoms with Crippen LogP contribution in [0.3, 0.4) is 0 Å². The largest absolute Gasteiger partial charge is 0.399 e. The molecule has 0 spiro atoms. The summed E-state index contributed by atoms with van der Waals surface area (Å²) in [6.45, 7) is 6.89. The predicted octanol–water partition coefficient (Wildman–Crippen LogP) is 2.59. The third-order valence-electron chi connectivity index (χ3n) is 3.38. The fraction of sp³-hybridized carbons (Fsp3) is 0.538. The van der Waals surface area contributed by atoms with Crippen LogP contribution >= 0.6 is 11.8 Å². The summed E-state index contributed by atoms with van der Waals surface area (Å²) in [5.74, 6) is 1.25. The first kappa shape index (κ1) is 11.8. The van der Waals surface area contributed by atoms with Gasteiger partial charge in [0.05, 0.1) is 0 Å². The van der Waals surface area contributed by atoms with Gasteiger partial charge in [0.2, 0.25) is 0 Å². The quantitative estimate of drug-likeness (QED) is 0.800. The lowest BCUT2D eigenvalue weighted by Gasteiger charge is -2.37. The first-order valence-corrected chi connectivity index (χ1v) is 6.92. The molecule has 88 valence electrons. The predicted molar refractivity (Wildman–Crippen MR) is 72.6 cm³/mol. The monoisotopic (exact) mass is 236 g/mol. The highest BCUT2D eigenvalue weighted by Gasteiger charge is 2.24. The van der Waals surface area contributed by atoms with E-state index in [0.29, 0.717) is 6.04 Å². The second-order valence-corrected chi connectivity index (χ2v) is 6.01. The van der Waals surface area contributed by atoms with Crippen molar-refractivity contribution in [1.82, 2.24) is 4.90 Å². The number of nitrogen functional groups attached to an aromatic ring is 1. The smallest absolute Gasteiger partial charge is 0.0314 e. The fourth-order valence-electron chi connectivity index (χ4n) is 2.08. The van der Waals surface area contributed by atoms with Gasteiger partial charge in [-0.2, -0.15) is 11.8 Å². The molecule has 1 saturated heterocycles. The van der Waals surface area contributed by atoms with E-state index in [-0.39, 0.29) is 0 Å². The standard InChI is InChI=1S/C13H20N2S/c1-10-11(2)16-8-7-15(10)9-12-3-5-13(14)6-4-12/h3-6,10-11H,7-9,14H2,1-2H3. The van der Waals surface area contributed by atoms with Gasteiger partial charge in [0.25, 0.3) is 0 Å². The first-order chi connectivity index (χ1) is 7.66. The minimum Gasteiger partial charge on any atom is -0.399 e. The Bertz CT molecular complexity index is 336. The van der Waals surface area contributed by atoms with Gasteiger partial charge in [-0.05, 0) is 24.6 Å². The van der Waals surface area contributed by atoms with Crippen LogP contribution in [0.5, 0.6) is 0 Å². The second-order valence-electron chi connectivity index (χ2n) is 4.53. The molecule has 2 unspecified atom stereocenters. The molecule has 2 atom stereocenters. The highest BCUT2D eigenvalue weighted by Crippen LogP contribution is 2.25. The van der Waals surface area contributed by atoms with Crippen LogP contribution in [0, 0.1) is 0 Å². The van der Waals surface area contributed by atoms with Gasteiger partial charge in [0.1, 0.15) is 0 Å². The van der Waals surface area contributed by atoms with Crippen molar-refractivity contribution in [3.05, 3.63) is 29.8 Å². The highest BCUT2D eigenvalue weighted by atomic mass is 32.2. The van der Waals surface area contributed by atoms with E-state index in [1.807, 2.05) is 12.1 Å². The Balaban J connectivity index is 2.00. The van der Waals surface area contributed by atoms with Gasteiger partial charge in [-0.15, -0.1) is 0 Å². The summed E-state index contributed by atoms with van der Waals surface area (Å²) in [5, 5.41) is 0.738. The van der Waals surface area contributed by atoms with E-state index in [9.17, 15) is 0 Å². The van der Waals surface area contributed by atoms with Gasteiger partial charge in [0, 0.05) is 35.8 Å². The summed E-state index contributed by atoms with van der Waals surface area (Å²) >= 11 is 2.08. The summed E-state index contributed by atoms with van der Waals surface area (Å²) < 4.78 is 0. The molecule has 2 nitrogen and oxygen atoms in total. The number of hydrogen-bond donors (Lipinski definition) is 1. The van der Waals surface area contributed by atoms with Crippen molar-refractivity contribution in [2.24, 2.45) is 0 Å². The molecule has 1 aliphatic rings. The normalized spacial score (nSPS) is 26.9. The molecule has 0 amide bonds. The number of anilines is 1. The van der Waals surface area contributed by atoms with Crippen LogP contribution in [0.2, 0.25) is 0 Å². The molecule has 1 aromatic rings. The second kappa shape index (κ2) is 5.11. The van der Waals surface area contributed by atoms with Crippen LogP contribution < -0.4 is 5.73 Å². The lowest BCUT2D eigenvalue weighted by Crippen LogP contribution is -2.43. The Morgan fingerprint density at radius 2 is 2.00 bits per heavy atom. The van der Waals surface area contributed by atoms with Crippen molar-refractivity contribution in [2.75, 3.05) is 18.0 Å². The van der Waals surface area contributed by atoms with Crippen molar-refractivity contribution in [3.63, 3.8) is 0 Å². The fourth-order valence-corrected chi connectivity index (χ4v) is 3.24. The SMILES string of the molecule is CC1SCCN(Cc2ccc(N)cc2)C1C. The Labute approximate surface area is 102 Å². The summed E-state index contributed by atoms with van der Waals surface area (Å²) in [5.41, 5.74) is 7.90. The van der Waals surface area contributed by atoms with Gasteiger partial charge in [-0.1, -0.05) is 19.1 Å². The molecule has 0 saturated carbocycles. The minimum atomic E-state index is 0.663. The van der Waals surface area contributed by atoms with Gasteiger partial charge in [-0.3, -0.25) is 4.90 Å². The molecule has 0 aliphatic carbocycles. The molecule has 0 bridgehead atoms. The first-order valence-electron chi connectivity index (χ1n) is 5.87. The maximum atomic E-state index is 5.69. The minimum absolute atomic E-state index is 0.663. The van der Waals surface area contributed by atoms with Gasteiger partial charge in [-0.25, -0.2) is 0 Å². The lowest BCUT2D eigenvalue weighted by atomic mass is 10.1. The molecular formula is C13H20N2S. The zero-order valence-corrected chi connectivity index (χ0v) is 10.8. The zero-order chi connectivity index (χ0) is 11.5. The maximum Gasteiger partial charge on any atom is 0.0314 e. The van der Waals surface area contributed by atoms with Crippen molar-refractivity contribution < 1.29 is 0 Å². The molecule has 2 N–H and O–H groups in total. The average molecular weight is 236 g/mol. The molecule has 0 aromatic heterocycles. The third kappa shape index (κ3) is 2.71. The molecular weight excluding hydrogens is 216 g/mol. The topological polar surface area (TPSA) is 29.3 Å². The van der Waals surface area contributed by atoms with E-state index in [0.717, 1.165) is 17.5 Å². The van der Waals surface area contributed by atoms with Gasteiger partial charge < -0.3 is 5.73 Å². The lowest BCUT2D eigenvalue weighted by molar-refractivity contribution is 0.204. The number of benzene rings is 1. The molecule has 1 aromatic carbocycles. The molecule has 1 heterocycles. The Hall–Kier alpha value is -0.670. The van der Waals surface area contributed by atoms with Crippen molar-refractivity contribution in [2.45, 2.75) is 31.7 Å². The molecule has 1 aliphatic heterocycles. The Kier molecular flexibility index (Phi) is 3.77. The van der Waals surface area contributed by atoms with Gasteiger partial charge >= 0.3 is 0 Å². The molecule has 2 rings (SSSR count). The van der Waals surface area contributed by atoms with E-state index >= 15 is 0 Å². The van der Waals surface area contributed by atoms with Crippen LogP contribution in [0.1, 0.15) is 19.4 Å². The van der Waals surface area contributed by atoms with Crippen LogP contribution in [-0.4, -0.2) is 28.5 Å². The van der Waals surface area contributed by atoms with E-state index in [1.165, 1.54) is 17.9 Å². The number of hydrogen-bond acceptors (Lipinski definition) is 3. The maximum absolute atomic E-state index is 5.69. The van der Waals surface area contributed by atoms with Crippen LogP contribution in [0.4, 0.5) is 5.69 Å². The van der Waals surface area contributed by atoms with Crippen LogP contribution in [-0.2, 0) is 6.54 Å². The average Bonchev–Trinajstić information content (AvgIpc) is 2.28. The number of nitrogens with two attached hydrogens (primary N) is 1. The number of thioether (sulfide) groups is 1. The van der Waals surface area contributed by atoms with E-state index in [1.54, 1.807) is 0 Å². The molecule has 0 radical (unpaired) electrons. The van der Waals surface area contributed by atoms with Crippen LogP contribution in [0.25, 0.3) is 0 Å². The Morgan fingerprint density at radius 1 is 1.31 bits per heavy atom. The van der Waals surface area contributed by atoms with Crippen molar-refractivity contribution in [3.8, 4) is 0 Å². The number of rotatable bonds is 2. The van der Waals surface area contributed by atoms with Crippen LogP contribution in [0.15, 0.2) is 24.3 Å². The Morgan fingerprint density at radius 3 is 2.69 bits per heavy atom. The zero-order valence-electron chi connectivity index (χ0n) is 10.0. The summed E-state index contributed by atoms with van der Waals surface area (Å²) in [7, 11) is 0. The summed E-state index contributed by atoms with van der Waals surface area (Å²) in [4.78, 5) is 2.56. The van der Waals surface area contributed by atoms with E-state index < -0.39 is 0 Å². The molecule has 1 fully saturated rings. The van der Waals surface area contributed by atoms with Gasteiger partial charge in [0.15, 0.2) is 0 Å². The molecule has 3 heteroatoms. The van der Waals surface area contributed by atoms with Crippen molar-refractivity contribution in [1.29, 1.82) is 0 Å². The summed E-state index contributed by atoms with van der Waals surface area (Å²) in [6, 6.07) is 8.91. The van der Waals surface area contributed by atoms with E-state index in [4.69, 9.17) is 5.73 Å². The van der Waals surface area contributed by atoms with Crippen molar-refractivity contribution >= 4 is 17.4 Å². The molecule has 16 heavy (non-hydrogen) atoms. The van der Waals surface area contributed by atoms with E-state index in [2.05, 4.69) is 42.6 Å². The summed E-state index contributed by atoms with van der Waals surface area (Å²) in [6.07, 6.45) is 0.